The normalized spacial score (nSPS) is 22.9. The van der Waals surface area contributed by atoms with Crippen LogP contribution in [0.5, 0.6) is 0 Å². The smallest absolute Gasteiger partial charge is 0.248 e. The van der Waals surface area contributed by atoms with Crippen molar-refractivity contribution in [3.05, 3.63) is 34.6 Å². The van der Waals surface area contributed by atoms with Crippen LogP contribution in [0.15, 0.2) is 18.2 Å². The maximum atomic E-state index is 13.4. The number of amides is 2. The summed E-state index contributed by atoms with van der Waals surface area (Å²) in [5, 5.41) is 2.69. The van der Waals surface area contributed by atoms with Gasteiger partial charge in [0.2, 0.25) is 11.8 Å². The van der Waals surface area contributed by atoms with Gasteiger partial charge in [-0.05, 0) is 25.0 Å². The summed E-state index contributed by atoms with van der Waals surface area (Å²) >= 11 is 5.89. The van der Waals surface area contributed by atoms with Gasteiger partial charge in [0.05, 0.1) is 11.6 Å². The van der Waals surface area contributed by atoms with E-state index in [9.17, 15) is 14.0 Å². The van der Waals surface area contributed by atoms with Crippen molar-refractivity contribution in [2.75, 3.05) is 6.54 Å². The van der Waals surface area contributed by atoms with Crippen LogP contribution in [0.3, 0.4) is 0 Å². The first-order valence-electron chi connectivity index (χ1n) is 6.40. The number of rotatable bonds is 3. The summed E-state index contributed by atoms with van der Waals surface area (Å²) < 4.78 is 13.4. The van der Waals surface area contributed by atoms with Crippen molar-refractivity contribution in [2.45, 2.75) is 32.4 Å². The minimum atomic E-state index is -0.908. The van der Waals surface area contributed by atoms with Gasteiger partial charge in [0.25, 0.3) is 0 Å². The number of hydrogen-bond donors (Lipinski definition) is 1. The number of carbonyl (C=O) groups is 2. The number of hydrogen-bond acceptors (Lipinski definition) is 2. The highest BCUT2D eigenvalue weighted by molar-refractivity contribution is 6.31. The van der Waals surface area contributed by atoms with E-state index in [4.69, 9.17) is 11.6 Å². The monoisotopic (exact) mass is 298 g/mol. The number of halogens is 2. The standard InChI is InChI=1S/C14H16ClFN2O2/c1-3-14(2)13(20)18(8-11(19)17-14)7-9-5-4-6-10(16)12(9)15/h4-6H,3,7-8H2,1-2H3,(H,17,19). The number of piperazine rings is 1. The first-order chi connectivity index (χ1) is 9.37. The van der Waals surface area contributed by atoms with Gasteiger partial charge in [-0.15, -0.1) is 0 Å². The molecule has 0 bridgehead atoms. The van der Waals surface area contributed by atoms with Crippen LogP contribution < -0.4 is 5.32 Å². The Morgan fingerprint density at radius 2 is 2.15 bits per heavy atom. The lowest BCUT2D eigenvalue weighted by molar-refractivity contribution is -0.149. The average molecular weight is 299 g/mol. The number of nitrogens with zero attached hydrogens (tertiary/aromatic N) is 1. The minimum absolute atomic E-state index is 0.00974. The molecule has 2 rings (SSSR count). The van der Waals surface area contributed by atoms with E-state index in [0.29, 0.717) is 12.0 Å². The van der Waals surface area contributed by atoms with Crippen LogP contribution in [-0.2, 0) is 16.1 Å². The molecule has 1 unspecified atom stereocenters. The van der Waals surface area contributed by atoms with Gasteiger partial charge in [-0.25, -0.2) is 4.39 Å². The van der Waals surface area contributed by atoms with Crippen molar-refractivity contribution >= 4 is 23.4 Å². The van der Waals surface area contributed by atoms with Crippen LogP contribution in [0.1, 0.15) is 25.8 Å². The Morgan fingerprint density at radius 1 is 1.45 bits per heavy atom. The van der Waals surface area contributed by atoms with Crippen LogP contribution in [0.25, 0.3) is 0 Å². The van der Waals surface area contributed by atoms with Crippen LogP contribution in [-0.4, -0.2) is 28.8 Å². The van der Waals surface area contributed by atoms with E-state index < -0.39 is 11.4 Å². The molecule has 1 N–H and O–H groups in total. The highest BCUT2D eigenvalue weighted by atomic mass is 35.5. The molecule has 2 amide bonds. The van der Waals surface area contributed by atoms with Gasteiger partial charge >= 0.3 is 0 Å². The highest BCUT2D eigenvalue weighted by Gasteiger charge is 2.41. The first-order valence-corrected chi connectivity index (χ1v) is 6.78. The Hall–Kier alpha value is -1.62. The summed E-state index contributed by atoms with van der Waals surface area (Å²) in [7, 11) is 0. The van der Waals surface area contributed by atoms with Gasteiger partial charge in [-0.2, -0.15) is 0 Å². The van der Waals surface area contributed by atoms with Crippen LogP contribution in [0, 0.1) is 5.82 Å². The third kappa shape index (κ3) is 2.63. The molecule has 108 valence electrons. The molecule has 0 saturated carbocycles. The number of nitrogens with one attached hydrogen (secondary N) is 1. The van der Waals surface area contributed by atoms with Gasteiger partial charge in [-0.1, -0.05) is 30.7 Å². The predicted molar refractivity (Wildman–Crippen MR) is 73.7 cm³/mol. The van der Waals surface area contributed by atoms with Gasteiger partial charge < -0.3 is 10.2 Å². The SMILES string of the molecule is CCC1(C)NC(=O)CN(Cc2cccc(F)c2Cl)C1=O. The molecule has 1 aliphatic heterocycles. The molecule has 1 fully saturated rings. The van der Waals surface area contributed by atoms with Crippen molar-refractivity contribution < 1.29 is 14.0 Å². The minimum Gasteiger partial charge on any atom is -0.340 e. The quantitative estimate of drug-likeness (QED) is 0.929. The van der Waals surface area contributed by atoms with E-state index in [2.05, 4.69) is 5.32 Å². The Morgan fingerprint density at radius 3 is 2.80 bits per heavy atom. The third-order valence-electron chi connectivity index (χ3n) is 3.61. The lowest BCUT2D eigenvalue weighted by Crippen LogP contribution is -2.64. The van der Waals surface area contributed by atoms with Crippen LogP contribution in [0.4, 0.5) is 4.39 Å². The van der Waals surface area contributed by atoms with Gasteiger partial charge in [0.1, 0.15) is 11.4 Å². The van der Waals surface area contributed by atoms with E-state index in [0.717, 1.165) is 0 Å². The Labute approximate surface area is 121 Å². The molecule has 0 aromatic heterocycles. The van der Waals surface area contributed by atoms with E-state index in [1.54, 1.807) is 13.0 Å². The second-order valence-corrected chi connectivity index (χ2v) is 5.49. The third-order valence-corrected chi connectivity index (χ3v) is 4.03. The number of carbonyl (C=O) groups excluding carboxylic acids is 2. The molecule has 1 aromatic rings. The molecule has 0 aliphatic carbocycles. The fraction of sp³-hybridized carbons (Fsp3) is 0.429. The van der Waals surface area contributed by atoms with E-state index in [1.807, 2.05) is 6.92 Å². The lowest BCUT2D eigenvalue weighted by atomic mass is 9.94. The maximum absolute atomic E-state index is 13.4. The Balaban J connectivity index is 2.26. The first kappa shape index (κ1) is 14.8. The van der Waals surface area contributed by atoms with Gasteiger partial charge in [0.15, 0.2) is 0 Å². The molecule has 1 atom stereocenters. The molecular weight excluding hydrogens is 283 g/mol. The van der Waals surface area contributed by atoms with Crippen molar-refractivity contribution in [1.82, 2.24) is 10.2 Å². The number of benzene rings is 1. The molecule has 0 spiro atoms. The summed E-state index contributed by atoms with van der Waals surface area (Å²) in [5.74, 6) is -0.933. The Kier molecular flexibility index (Phi) is 3.99. The van der Waals surface area contributed by atoms with Crippen molar-refractivity contribution in [3.63, 3.8) is 0 Å². The summed E-state index contributed by atoms with van der Waals surface area (Å²) in [6.45, 7) is 3.60. The van der Waals surface area contributed by atoms with Gasteiger partial charge in [0, 0.05) is 6.54 Å². The molecule has 1 heterocycles. The fourth-order valence-electron chi connectivity index (χ4n) is 2.24. The summed E-state index contributed by atoms with van der Waals surface area (Å²) in [5.41, 5.74) is -0.414. The van der Waals surface area contributed by atoms with E-state index in [1.165, 1.54) is 17.0 Å². The lowest BCUT2D eigenvalue weighted by Gasteiger charge is -2.39. The fourth-order valence-corrected chi connectivity index (χ4v) is 2.42. The largest absolute Gasteiger partial charge is 0.340 e. The zero-order chi connectivity index (χ0) is 14.9. The zero-order valence-corrected chi connectivity index (χ0v) is 12.1. The molecule has 1 aliphatic rings. The predicted octanol–water partition coefficient (Wildman–Crippen LogP) is 2.11. The molecular formula is C14H16ClFN2O2. The van der Waals surface area contributed by atoms with Crippen LogP contribution >= 0.6 is 11.6 Å². The topological polar surface area (TPSA) is 49.4 Å². The second kappa shape index (κ2) is 5.40. The molecule has 4 nitrogen and oxygen atoms in total. The summed E-state index contributed by atoms with van der Waals surface area (Å²) in [6.07, 6.45) is 0.491. The summed E-state index contributed by atoms with van der Waals surface area (Å²) in [6, 6.07) is 4.44. The molecule has 20 heavy (non-hydrogen) atoms. The van der Waals surface area contributed by atoms with Gasteiger partial charge in [-0.3, -0.25) is 9.59 Å². The second-order valence-electron chi connectivity index (χ2n) is 5.11. The zero-order valence-electron chi connectivity index (χ0n) is 11.4. The van der Waals surface area contributed by atoms with Crippen LogP contribution in [0.2, 0.25) is 5.02 Å². The highest BCUT2D eigenvalue weighted by Crippen LogP contribution is 2.24. The van der Waals surface area contributed by atoms with Crippen molar-refractivity contribution in [2.24, 2.45) is 0 Å². The average Bonchev–Trinajstić information content (AvgIpc) is 2.40. The molecule has 1 saturated heterocycles. The van der Waals surface area contributed by atoms with E-state index in [-0.39, 0.29) is 29.9 Å². The van der Waals surface area contributed by atoms with E-state index >= 15 is 0 Å². The molecule has 0 radical (unpaired) electrons. The summed E-state index contributed by atoms with van der Waals surface area (Å²) in [4.78, 5) is 25.5. The van der Waals surface area contributed by atoms with Crippen molar-refractivity contribution in [1.29, 1.82) is 0 Å². The van der Waals surface area contributed by atoms with Crippen molar-refractivity contribution in [3.8, 4) is 0 Å². The maximum Gasteiger partial charge on any atom is 0.248 e. The molecule has 6 heteroatoms. The Bertz CT molecular complexity index is 564. The molecule has 1 aromatic carbocycles.